The van der Waals surface area contributed by atoms with Crippen LogP contribution in [0.3, 0.4) is 0 Å². The predicted octanol–water partition coefficient (Wildman–Crippen LogP) is 2.69. The highest BCUT2D eigenvalue weighted by atomic mass is 16.5. The SMILES string of the molecule is CC(C)CCOc1ccc(C(=O)NNC(=O)C(C)NC(=O)c2ccccc2)cc1. The van der Waals surface area contributed by atoms with Crippen LogP contribution in [0.2, 0.25) is 0 Å². The van der Waals surface area contributed by atoms with E-state index in [2.05, 4.69) is 30.0 Å². The molecular weight excluding hydrogens is 370 g/mol. The van der Waals surface area contributed by atoms with Gasteiger partial charge >= 0.3 is 0 Å². The summed E-state index contributed by atoms with van der Waals surface area (Å²) in [6.45, 7) is 6.40. The van der Waals surface area contributed by atoms with Crippen molar-refractivity contribution in [2.75, 3.05) is 6.61 Å². The molecule has 0 aliphatic carbocycles. The summed E-state index contributed by atoms with van der Waals surface area (Å²) in [4.78, 5) is 36.4. The molecule has 154 valence electrons. The Morgan fingerprint density at radius 2 is 1.45 bits per heavy atom. The van der Waals surface area contributed by atoms with Crippen molar-refractivity contribution in [1.29, 1.82) is 0 Å². The van der Waals surface area contributed by atoms with E-state index in [1.165, 1.54) is 6.92 Å². The molecule has 0 fully saturated rings. The van der Waals surface area contributed by atoms with Crippen LogP contribution in [0.5, 0.6) is 5.75 Å². The van der Waals surface area contributed by atoms with Gasteiger partial charge in [0.2, 0.25) is 0 Å². The third-order valence-electron chi connectivity index (χ3n) is 4.16. The second kappa shape index (κ2) is 10.8. The Labute approximate surface area is 170 Å². The summed E-state index contributed by atoms with van der Waals surface area (Å²) in [6, 6.07) is 14.4. The molecule has 2 aromatic rings. The van der Waals surface area contributed by atoms with Crippen molar-refractivity contribution in [3.05, 3.63) is 65.7 Å². The van der Waals surface area contributed by atoms with Gasteiger partial charge in [-0.3, -0.25) is 25.2 Å². The van der Waals surface area contributed by atoms with Crippen LogP contribution in [0, 0.1) is 5.92 Å². The van der Waals surface area contributed by atoms with Crippen LogP contribution < -0.4 is 20.9 Å². The highest BCUT2D eigenvalue weighted by Crippen LogP contribution is 2.13. The Bertz CT molecular complexity index is 820. The third kappa shape index (κ3) is 7.29. The first-order chi connectivity index (χ1) is 13.9. The number of nitrogens with one attached hydrogen (secondary N) is 3. The highest BCUT2D eigenvalue weighted by Gasteiger charge is 2.17. The minimum Gasteiger partial charge on any atom is -0.494 e. The quantitative estimate of drug-likeness (QED) is 0.597. The fraction of sp³-hybridized carbons (Fsp3) is 0.318. The van der Waals surface area contributed by atoms with Gasteiger partial charge in [0.25, 0.3) is 17.7 Å². The van der Waals surface area contributed by atoms with Crippen molar-refractivity contribution in [2.24, 2.45) is 5.92 Å². The van der Waals surface area contributed by atoms with E-state index in [0.717, 1.165) is 6.42 Å². The van der Waals surface area contributed by atoms with Crippen LogP contribution in [0.25, 0.3) is 0 Å². The molecule has 1 atom stereocenters. The van der Waals surface area contributed by atoms with E-state index in [1.54, 1.807) is 54.6 Å². The predicted molar refractivity (Wildman–Crippen MR) is 110 cm³/mol. The van der Waals surface area contributed by atoms with Crippen molar-refractivity contribution in [2.45, 2.75) is 33.2 Å². The summed E-state index contributed by atoms with van der Waals surface area (Å²) >= 11 is 0. The molecule has 2 rings (SSSR count). The van der Waals surface area contributed by atoms with Gasteiger partial charge in [-0.15, -0.1) is 0 Å². The van der Waals surface area contributed by atoms with E-state index in [0.29, 0.717) is 29.4 Å². The Hall–Kier alpha value is -3.35. The van der Waals surface area contributed by atoms with Gasteiger partial charge in [-0.1, -0.05) is 32.0 Å². The van der Waals surface area contributed by atoms with E-state index in [4.69, 9.17) is 4.74 Å². The lowest BCUT2D eigenvalue weighted by Crippen LogP contribution is -2.51. The maximum absolute atomic E-state index is 12.2. The van der Waals surface area contributed by atoms with Crippen LogP contribution in [0.15, 0.2) is 54.6 Å². The van der Waals surface area contributed by atoms with E-state index >= 15 is 0 Å². The maximum Gasteiger partial charge on any atom is 0.269 e. The molecule has 29 heavy (non-hydrogen) atoms. The second-order valence-corrected chi connectivity index (χ2v) is 7.06. The lowest BCUT2D eigenvalue weighted by Gasteiger charge is -2.15. The lowest BCUT2D eigenvalue weighted by molar-refractivity contribution is -0.123. The number of carbonyl (C=O) groups excluding carboxylic acids is 3. The van der Waals surface area contributed by atoms with E-state index in [-0.39, 0.29) is 5.91 Å². The fourth-order valence-electron chi connectivity index (χ4n) is 2.35. The summed E-state index contributed by atoms with van der Waals surface area (Å²) in [7, 11) is 0. The van der Waals surface area contributed by atoms with Gasteiger partial charge in [-0.2, -0.15) is 0 Å². The molecular formula is C22H27N3O4. The van der Waals surface area contributed by atoms with Gasteiger partial charge in [0.1, 0.15) is 11.8 Å². The molecule has 3 N–H and O–H groups in total. The number of hydrazine groups is 1. The Morgan fingerprint density at radius 1 is 0.828 bits per heavy atom. The molecule has 0 aliphatic heterocycles. The zero-order valence-corrected chi connectivity index (χ0v) is 16.9. The molecule has 7 nitrogen and oxygen atoms in total. The van der Waals surface area contributed by atoms with Crippen LogP contribution in [-0.4, -0.2) is 30.4 Å². The van der Waals surface area contributed by atoms with Gasteiger partial charge < -0.3 is 10.1 Å². The standard InChI is InChI=1S/C22H27N3O4/c1-15(2)13-14-29-19-11-9-18(10-12-19)22(28)25-24-20(26)16(3)23-21(27)17-7-5-4-6-8-17/h4-12,15-16H,13-14H2,1-3H3,(H,23,27)(H,24,26)(H,25,28). The van der Waals surface area contributed by atoms with Crippen molar-refractivity contribution in [3.63, 3.8) is 0 Å². The summed E-state index contributed by atoms with van der Waals surface area (Å²) in [5, 5.41) is 2.58. The topological polar surface area (TPSA) is 96.5 Å². The Morgan fingerprint density at radius 3 is 2.07 bits per heavy atom. The van der Waals surface area contributed by atoms with Crippen molar-refractivity contribution in [1.82, 2.24) is 16.2 Å². The Kier molecular flexibility index (Phi) is 8.21. The number of hydrogen-bond donors (Lipinski definition) is 3. The van der Waals surface area contributed by atoms with E-state index in [1.807, 2.05) is 0 Å². The first kappa shape index (κ1) is 21.9. The first-order valence-corrected chi connectivity index (χ1v) is 9.55. The number of benzene rings is 2. The molecule has 0 spiro atoms. The summed E-state index contributed by atoms with van der Waals surface area (Å²) < 4.78 is 5.61. The molecule has 0 bridgehead atoms. The molecule has 2 aromatic carbocycles. The van der Waals surface area contributed by atoms with Gasteiger partial charge in [0.05, 0.1) is 6.61 Å². The van der Waals surface area contributed by atoms with Crippen molar-refractivity contribution < 1.29 is 19.1 Å². The lowest BCUT2D eigenvalue weighted by atomic mass is 10.1. The minimum absolute atomic E-state index is 0.368. The molecule has 0 saturated carbocycles. The number of amides is 3. The normalized spacial score (nSPS) is 11.4. The maximum atomic E-state index is 12.2. The number of ether oxygens (including phenoxy) is 1. The monoisotopic (exact) mass is 397 g/mol. The van der Waals surface area contributed by atoms with E-state index in [9.17, 15) is 14.4 Å². The number of carbonyl (C=O) groups is 3. The van der Waals surface area contributed by atoms with E-state index < -0.39 is 17.9 Å². The van der Waals surface area contributed by atoms with Crippen LogP contribution >= 0.6 is 0 Å². The summed E-state index contributed by atoms with van der Waals surface area (Å²) in [6.07, 6.45) is 0.952. The number of hydrogen-bond acceptors (Lipinski definition) is 4. The zero-order valence-electron chi connectivity index (χ0n) is 16.9. The first-order valence-electron chi connectivity index (χ1n) is 9.55. The molecule has 7 heteroatoms. The van der Waals surface area contributed by atoms with Gasteiger partial charge in [0.15, 0.2) is 0 Å². The summed E-state index contributed by atoms with van der Waals surface area (Å²) in [5.74, 6) is -0.121. The third-order valence-corrected chi connectivity index (χ3v) is 4.16. The molecule has 0 radical (unpaired) electrons. The highest BCUT2D eigenvalue weighted by molar-refractivity contribution is 5.98. The molecule has 0 aromatic heterocycles. The van der Waals surface area contributed by atoms with Gasteiger partial charge in [-0.05, 0) is 55.7 Å². The van der Waals surface area contributed by atoms with Crippen LogP contribution in [-0.2, 0) is 4.79 Å². The fourth-order valence-corrected chi connectivity index (χ4v) is 2.35. The van der Waals surface area contributed by atoms with Crippen LogP contribution in [0.1, 0.15) is 47.9 Å². The number of rotatable bonds is 8. The Balaban J connectivity index is 1.78. The van der Waals surface area contributed by atoms with Crippen molar-refractivity contribution in [3.8, 4) is 5.75 Å². The summed E-state index contributed by atoms with van der Waals surface area (Å²) in [5.41, 5.74) is 5.48. The van der Waals surface area contributed by atoms with Crippen LogP contribution in [0.4, 0.5) is 0 Å². The minimum atomic E-state index is -0.820. The molecule has 0 heterocycles. The van der Waals surface area contributed by atoms with Gasteiger partial charge in [-0.25, -0.2) is 0 Å². The molecule has 0 aliphatic rings. The zero-order chi connectivity index (χ0) is 21.2. The average molecular weight is 397 g/mol. The van der Waals surface area contributed by atoms with Crippen molar-refractivity contribution >= 4 is 17.7 Å². The molecule has 3 amide bonds. The molecule has 0 saturated heterocycles. The average Bonchev–Trinajstić information content (AvgIpc) is 2.72. The molecule has 1 unspecified atom stereocenters. The smallest absolute Gasteiger partial charge is 0.269 e. The van der Waals surface area contributed by atoms with Gasteiger partial charge in [0, 0.05) is 11.1 Å². The second-order valence-electron chi connectivity index (χ2n) is 7.06. The largest absolute Gasteiger partial charge is 0.494 e.